The molecule has 29 heavy (non-hydrogen) atoms. The van der Waals surface area contributed by atoms with Crippen LogP contribution in [0.15, 0.2) is 18.2 Å². The zero-order valence-corrected chi connectivity index (χ0v) is 16.8. The molecule has 4 bridgehead atoms. The molecule has 7 heteroatoms. The average Bonchev–Trinajstić information content (AvgIpc) is 2.59. The van der Waals surface area contributed by atoms with Crippen LogP contribution in [-0.2, 0) is 4.79 Å². The monoisotopic (exact) mass is 399 g/mol. The lowest BCUT2D eigenvalue weighted by atomic mass is 9.53. The van der Waals surface area contributed by atoms with E-state index in [1.165, 1.54) is 25.3 Å². The van der Waals surface area contributed by atoms with Gasteiger partial charge in [0.1, 0.15) is 0 Å². The van der Waals surface area contributed by atoms with Gasteiger partial charge in [0.2, 0.25) is 5.91 Å². The fourth-order valence-corrected chi connectivity index (χ4v) is 6.04. The first-order valence-electron chi connectivity index (χ1n) is 10.5. The standard InChI is InChI=1S/C22H29N3O4/c1-13-6-17(2-3-18(13)20(27)28)24-19(26)4-5-23-21(29)25-22-10-14-7-15(11-22)9-16(8-14)12-22/h2-3,6,14-16H,4-5,7-12H2,1H3,(H,24,26)(H,27,28)(H2,23,25,29). The van der Waals surface area contributed by atoms with Gasteiger partial charge in [-0.3, -0.25) is 4.79 Å². The van der Waals surface area contributed by atoms with E-state index >= 15 is 0 Å². The Bertz CT molecular complexity index is 800. The van der Waals surface area contributed by atoms with E-state index in [-0.39, 0.29) is 36.0 Å². The molecule has 4 aliphatic carbocycles. The van der Waals surface area contributed by atoms with E-state index in [2.05, 4.69) is 16.0 Å². The minimum atomic E-state index is -0.991. The number of rotatable bonds is 6. The van der Waals surface area contributed by atoms with E-state index in [0.717, 1.165) is 37.0 Å². The molecule has 0 spiro atoms. The van der Waals surface area contributed by atoms with Crippen LogP contribution in [0.1, 0.15) is 60.9 Å². The largest absolute Gasteiger partial charge is 0.478 e. The van der Waals surface area contributed by atoms with E-state index < -0.39 is 5.97 Å². The van der Waals surface area contributed by atoms with E-state index in [4.69, 9.17) is 5.11 Å². The van der Waals surface area contributed by atoms with E-state index in [9.17, 15) is 14.4 Å². The van der Waals surface area contributed by atoms with Gasteiger partial charge in [-0.2, -0.15) is 0 Å². The summed E-state index contributed by atoms with van der Waals surface area (Å²) < 4.78 is 0. The summed E-state index contributed by atoms with van der Waals surface area (Å²) in [4.78, 5) is 35.6. The van der Waals surface area contributed by atoms with Crippen LogP contribution >= 0.6 is 0 Å². The van der Waals surface area contributed by atoms with Crippen LogP contribution in [0.25, 0.3) is 0 Å². The van der Waals surface area contributed by atoms with Crippen LogP contribution in [0.4, 0.5) is 10.5 Å². The van der Waals surface area contributed by atoms with Gasteiger partial charge < -0.3 is 21.1 Å². The zero-order valence-electron chi connectivity index (χ0n) is 16.8. The Kier molecular flexibility index (Phi) is 5.23. The molecule has 4 saturated carbocycles. The number of carbonyl (C=O) groups is 3. The molecule has 4 aliphatic rings. The highest BCUT2D eigenvalue weighted by molar-refractivity contribution is 5.93. The molecular formula is C22H29N3O4. The van der Waals surface area contributed by atoms with Crippen LogP contribution in [0.2, 0.25) is 0 Å². The summed E-state index contributed by atoms with van der Waals surface area (Å²) in [6, 6.07) is 4.50. The normalized spacial score (nSPS) is 29.3. The second-order valence-electron chi connectivity index (χ2n) is 9.21. The molecule has 0 atom stereocenters. The maximum absolute atomic E-state index is 12.4. The van der Waals surface area contributed by atoms with Crippen molar-refractivity contribution in [1.29, 1.82) is 0 Å². The molecule has 4 N–H and O–H groups in total. The third kappa shape index (κ3) is 4.38. The van der Waals surface area contributed by atoms with Crippen molar-refractivity contribution in [3.63, 3.8) is 0 Å². The van der Waals surface area contributed by atoms with Crippen molar-refractivity contribution in [3.8, 4) is 0 Å². The number of amides is 3. The minimum absolute atomic E-state index is 0.0372. The van der Waals surface area contributed by atoms with Crippen LogP contribution in [0, 0.1) is 24.7 Å². The predicted molar refractivity (Wildman–Crippen MR) is 109 cm³/mol. The molecule has 3 amide bonds. The minimum Gasteiger partial charge on any atom is -0.478 e. The number of carbonyl (C=O) groups excluding carboxylic acids is 2. The number of aromatic carboxylic acids is 1. The van der Waals surface area contributed by atoms with E-state index in [0.29, 0.717) is 11.3 Å². The Morgan fingerprint density at radius 1 is 1.07 bits per heavy atom. The van der Waals surface area contributed by atoms with Gasteiger partial charge in [-0.1, -0.05) is 0 Å². The van der Waals surface area contributed by atoms with Crippen molar-refractivity contribution < 1.29 is 19.5 Å². The Morgan fingerprint density at radius 2 is 1.69 bits per heavy atom. The second-order valence-corrected chi connectivity index (χ2v) is 9.21. The lowest BCUT2D eigenvalue weighted by molar-refractivity contribution is -0.116. The second kappa shape index (κ2) is 7.69. The summed E-state index contributed by atoms with van der Waals surface area (Å²) in [5, 5.41) is 17.9. The van der Waals surface area contributed by atoms with E-state index in [1.807, 2.05) is 0 Å². The van der Waals surface area contributed by atoms with Gasteiger partial charge in [0.25, 0.3) is 0 Å². The van der Waals surface area contributed by atoms with Gasteiger partial charge in [0, 0.05) is 24.2 Å². The lowest BCUT2D eigenvalue weighted by Crippen LogP contribution is -2.61. The van der Waals surface area contributed by atoms with Crippen LogP contribution < -0.4 is 16.0 Å². The quantitative estimate of drug-likeness (QED) is 0.589. The van der Waals surface area contributed by atoms with Gasteiger partial charge in [-0.15, -0.1) is 0 Å². The number of anilines is 1. The van der Waals surface area contributed by atoms with Crippen LogP contribution in [-0.4, -0.2) is 35.1 Å². The van der Waals surface area contributed by atoms with Crippen molar-refractivity contribution in [2.24, 2.45) is 17.8 Å². The zero-order chi connectivity index (χ0) is 20.6. The van der Waals surface area contributed by atoms with Crippen molar-refractivity contribution in [3.05, 3.63) is 29.3 Å². The average molecular weight is 399 g/mol. The van der Waals surface area contributed by atoms with Gasteiger partial charge >= 0.3 is 12.0 Å². The van der Waals surface area contributed by atoms with Gasteiger partial charge in [-0.25, -0.2) is 9.59 Å². The van der Waals surface area contributed by atoms with Crippen molar-refractivity contribution in [1.82, 2.24) is 10.6 Å². The molecule has 0 aromatic heterocycles. The molecule has 7 nitrogen and oxygen atoms in total. The molecule has 0 radical (unpaired) electrons. The topological polar surface area (TPSA) is 108 Å². The first kappa shape index (κ1) is 19.7. The van der Waals surface area contributed by atoms with Crippen LogP contribution in [0.5, 0.6) is 0 Å². The Morgan fingerprint density at radius 3 is 2.24 bits per heavy atom. The van der Waals surface area contributed by atoms with Gasteiger partial charge in [-0.05, 0) is 87.0 Å². The summed E-state index contributed by atoms with van der Waals surface area (Å²) in [5.41, 5.74) is 1.31. The molecule has 4 fully saturated rings. The van der Waals surface area contributed by atoms with Crippen molar-refractivity contribution in [2.45, 2.75) is 57.4 Å². The lowest BCUT2D eigenvalue weighted by Gasteiger charge is -2.56. The number of benzene rings is 1. The molecule has 0 aliphatic heterocycles. The van der Waals surface area contributed by atoms with Crippen molar-refractivity contribution >= 4 is 23.6 Å². The van der Waals surface area contributed by atoms with E-state index in [1.54, 1.807) is 19.1 Å². The Labute approximate surface area is 170 Å². The Balaban J connectivity index is 1.22. The maximum Gasteiger partial charge on any atom is 0.335 e. The summed E-state index contributed by atoms with van der Waals surface area (Å²) in [5.74, 6) is 1.09. The van der Waals surface area contributed by atoms with Gasteiger partial charge in [0.05, 0.1) is 5.56 Å². The van der Waals surface area contributed by atoms with Crippen molar-refractivity contribution in [2.75, 3.05) is 11.9 Å². The summed E-state index contributed by atoms with van der Waals surface area (Å²) in [7, 11) is 0. The smallest absolute Gasteiger partial charge is 0.335 e. The fourth-order valence-electron chi connectivity index (χ4n) is 6.04. The Hall–Kier alpha value is -2.57. The highest BCUT2D eigenvalue weighted by Gasteiger charge is 2.51. The highest BCUT2D eigenvalue weighted by Crippen LogP contribution is 2.55. The highest BCUT2D eigenvalue weighted by atomic mass is 16.4. The molecule has 1 aromatic rings. The summed E-state index contributed by atoms with van der Waals surface area (Å²) in [6.45, 7) is 1.95. The molecule has 5 rings (SSSR count). The number of urea groups is 1. The number of nitrogens with one attached hydrogen (secondary N) is 3. The molecule has 156 valence electrons. The third-order valence-electron chi connectivity index (χ3n) is 6.80. The number of carboxylic acids is 1. The first-order chi connectivity index (χ1) is 13.8. The first-order valence-corrected chi connectivity index (χ1v) is 10.5. The molecular weight excluding hydrogens is 370 g/mol. The summed E-state index contributed by atoms with van der Waals surface area (Å²) in [6.07, 6.45) is 7.44. The molecule has 0 saturated heterocycles. The van der Waals surface area contributed by atoms with Gasteiger partial charge in [0.15, 0.2) is 0 Å². The molecule has 0 unspecified atom stereocenters. The molecule has 0 heterocycles. The predicted octanol–water partition coefficient (Wildman–Crippen LogP) is 3.29. The number of hydrogen-bond donors (Lipinski definition) is 4. The van der Waals surface area contributed by atoms with Crippen LogP contribution in [0.3, 0.4) is 0 Å². The maximum atomic E-state index is 12.4. The number of hydrogen-bond acceptors (Lipinski definition) is 3. The fraction of sp³-hybridized carbons (Fsp3) is 0.591. The third-order valence-corrected chi connectivity index (χ3v) is 6.80. The SMILES string of the molecule is Cc1cc(NC(=O)CCNC(=O)NC23CC4CC(CC(C4)C2)C3)ccc1C(=O)O. The summed E-state index contributed by atoms with van der Waals surface area (Å²) >= 11 is 0. The number of carboxylic acid groups (broad SMARTS) is 1. The number of aryl methyl sites for hydroxylation is 1. The molecule has 1 aromatic carbocycles.